The van der Waals surface area contributed by atoms with E-state index in [4.69, 9.17) is 9.15 Å². The van der Waals surface area contributed by atoms with E-state index >= 15 is 0 Å². The summed E-state index contributed by atoms with van der Waals surface area (Å²) in [6.07, 6.45) is 0. The second-order valence-electron chi connectivity index (χ2n) is 5.58. The second-order valence-corrected chi connectivity index (χ2v) is 5.58. The third kappa shape index (κ3) is 2.40. The Morgan fingerprint density at radius 3 is 2.29 bits per heavy atom. The molecule has 0 fully saturated rings. The fourth-order valence-electron chi connectivity index (χ4n) is 2.91. The molecule has 0 spiro atoms. The number of benzene rings is 3. The first-order chi connectivity index (χ1) is 11.8. The number of furan rings is 1. The van der Waals surface area contributed by atoms with E-state index in [2.05, 4.69) is 0 Å². The summed E-state index contributed by atoms with van der Waals surface area (Å²) >= 11 is 0. The van der Waals surface area contributed by atoms with Crippen LogP contribution in [0.1, 0.15) is 0 Å². The lowest BCUT2D eigenvalue weighted by Crippen LogP contribution is -1.82. The third-order valence-corrected chi connectivity index (χ3v) is 4.09. The largest absolute Gasteiger partial charge is 0.508 e. The lowest BCUT2D eigenvalue weighted by molar-refractivity contribution is 0.414. The summed E-state index contributed by atoms with van der Waals surface area (Å²) in [5.74, 6) is 1.81. The molecule has 1 heterocycles. The van der Waals surface area contributed by atoms with Crippen LogP contribution < -0.4 is 4.74 Å². The van der Waals surface area contributed by atoms with E-state index in [1.54, 1.807) is 19.2 Å². The first-order valence-corrected chi connectivity index (χ1v) is 7.71. The van der Waals surface area contributed by atoms with Crippen LogP contribution in [0.15, 0.2) is 77.2 Å². The molecule has 118 valence electrons. The van der Waals surface area contributed by atoms with E-state index in [-0.39, 0.29) is 5.75 Å². The van der Waals surface area contributed by atoms with Gasteiger partial charge in [0.15, 0.2) is 0 Å². The molecule has 0 aliphatic carbocycles. The molecule has 0 aliphatic heterocycles. The molecule has 4 rings (SSSR count). The van der Waals surface area contributed by atoms with E-state index in [1.165, 1.54) is 0 Å². The van der Waals surface area contributed by atoms with E-state index in [1.807, 2.05) is 60.7 Å². The van der Waals surface area contributed by atoms with Gasteiger partial charge in [-0.25, -0.2) is 0 Å². The van der Waals surface area contributed by atoms with E-state index in [0.717, 1.165) is 39.2 Å². The SMILES string of the molecule is COc1ccc2c(-c3ccc(O)cc3)c(-c3ccccc3)oc2c1. The van der Waals surface area contributed by atoms with Crippen molar-refractivity contribution in [3.8, 4) is 33.9 Å². The molecule has 4 aromatic rings. The summed E-state index contributed by atoms with van der Waals surface area (Å²) < 4.78 is 11.5. The summed E-state index contributed by atoms with van der Waals surface area (Å²) in [4.78, 5) is 0. The van der Waals surface area contributed by atoms with Gasteiger partial charge < -0.3 is 14.3 Å². The van der Waals surface area contributed by atoms with Gasteiger partial charge in [0.2, 0.25) is 0 Å². The number of hydrogen-bond donors (Lipinski definition) is 1. The van der Waals surface area contributed by atoms with E-state index in [9.17, 15) is 5.11 Å². The van der Waals surface area contributed by atoms with Gasteiger partial charge in [0, 0.05) is 22.6 Å². The molecule has 1 aromatic heterocycles. The summed E-state index contributed by atoms with van der Waals surface area (Å²) in [5.41, 5.74) is 3.79. The molecule has 3 nitrogen and oxygen atoms in total. The first-order valence-electron chi connectivity index (χ1n) is 7.71. The van der Waals surface area contributed by atoms with Crippen molar-refractivity contribution in [1.29, 1.82) is 0 Å². The number of phenolic OH excluding ortho intramolecular Hbond substituents is 1. The number of aromatic hydroxyl groups is 1. The van der Waals surface area contributed by atoms with Crippen molar-refractivity contribution in [3.05, 3.63) is 72.8 Å². The van der Waals surface area contributed by atoms with Crippen molar-refractivity contribution < 1.29 is 14.3 Å². The van der Waals surface area contributed by atoms with Crippen LogP contribution in [0, 0.1) is 0 Å². The Hall–Kier alpha value is -3.20. The molecule has 0 saturated heterocycles. The smallest absolute Gasteiger partial charge is 0.143 e. The Kier molecular flexibility index (Phi) is 3.47. The minimum atomic E-state index is 0.245. The summed E-state index contributed by atoms with van der Waals surface area (Å²) in [5, 5.41) is 10.6. The van der Waals surface area contributed by atoms with Gasteiger partial charge in [-0.2, -0.15) is 0 Å². The van der Waals surface area contributed by atoms with Gasteiger partial charge in [0.05, 0.1) is 7.11 Å². The molecule has 1 N–H and O–H groups in total. The average molecular weight is 316 g/mol. The summed E-state index contributed by atoms with van der Waals surface area (Å²) in [6, 6.07) is 23.0. The molecular weight excluding hydrogens is 300 g/mol. The Morgan fingerprint density at radius 1 is 0.833 bits per heavy atom. The third-order valence-electron chi connectivity index (χ3n) is 4.09. The van der Waals surface area contributed by atoms with Crippen LogP contribution in [-0.4, -0.2) is 12.2 Å². The quantitative estimate of drug-likeness (QED) is 0.544. The van der Waals surface area contributed by atoms with Crippen LogP contribution >= 0.6 is 0 Å². The highest BCUT2D eigenvalue weighted by molar-refractivity contribution is 6.02. The minimum absolute atomic E-state index is 0.245. The first kappa shape index (κ1) is 14.4. The molecule has 0 aliphatic rings. The van der Waals surface area contributed by atoms with Gasteiger partial charge in [-0.05, 0) is 29.8 Å². The Morgan fingerprint density at radius 2 is 1.58 bits per heavy atom. The number of hydrogen-bond acceptors (Lipinski definition) is 3. The van der Waals surface area contributed by atoms with Crippen LogP contribution in [0.25, 0.3) is 33.4 Å². The van der Waals surface area contributed by atoms with Gasteiger partial charge in [-0.1, -0.05) is 42.5 Å². The fraction of sp³-hybridized carbons (Fsp3) is 0.0476. The molecule has 0 atom stereocenters. The summed E-state index contributed by atoms with van der Waals surface area (Å²) in [6.45, 7) is 0. The van der Waals surface area contributed by atoms with Crippen LogP contribution in [0.5, 0.6) is 11.5 Å². The highest BCUT2D eigenvalue weighted by Crippen LogP contribution is 2.42. The number of rotatable bonds is 3. The highest BCUT2D eigenvalue weighted by Gasteiger charge is 2.18. The minimum Gasteiger partial charge on any atom is -0.508 e. The monoisotopic (exact) mass is 316 g/mol. The standard InChI is InChI=1S/C21H16O3/c1-23-17-11-12-18-19(13-17)24-21(15-5-3-2-4-6-15)20(18)14-7-9-16(22)10-8-14/h2-13,22H,1H3. The normalized spacial score (nSPS) is 10.9. The van der Waals surface area contributed by atoms with Crippen molar-refractivity contribution in [3.63, 3.8) is 0 Å². The molecule has 0 bridgehead atoms. The molecule has 0 radical (unpaired) electrons. The van der Waals surface area contributed by atoms with Crippen LogP contribution in [0.3, 0.4) is 0 Å². The van der Waals surface area contributed by atoms with Crippen molar-refractivity contribution in [1.82, 2.24) is 0 Å². The van der Waals surface area contributed by atoms with Crippen molar-refractivity contribution >= 4 is 11.0 Å². The zero-order valence-electron chi connectivity index (χ0n) is 13.2. The van der Waals surface area contributed by atoms with Crippen LogP contribution in [-0.2, 0) is 0 Å². The maximum absolute atomic E-state index is 9.58. The number of ether oxygens (including phenoxy) is 1. The lowest BCUT2D eigenvalue weighted by atomic mass is 9.98. The molecule has 0 saturated carbocycles. The molecule has 3 heteroatoms. The van der Waals surface area contributed by atoms with Crippen LogP contribution in [0.4, 0.5) is 0 Å². The van der Waals surface area contributed by atoms with Crippen LogP contribution in [0.2, 0.25) is 0 Å². The van der Waals surface area contributed by atoms with Gasteiger partial charge in [0.25, 0.3) is 0 Å². The summed E-state index contributed by atoms with van der Waals surface area (Å²) in [7, 11) is 1.64. The van der Waals surface area contributed by atoms with Crippen molar-refractivity contribution in [2.24, 2.45) is 0 Å². The predicted molar refractivity (Wildman–Crippen MR) is 95.3 cm³/mol. The van der Waals surface area contributed by atoms with Gasteiger partial charge in [-0.3, -0.25) is 0 Å². The Labute approximate surface area is 139 Å². The Bertz CT molecular complexity index is 983. The van der Waals surface area contributed by atoms with Gasteiger partial charge in [0.1, 0.15) is 22.8 Å². The highest BCUT2D eigenvalue weighted by atomic mass is 16.5. The molecule has 3 aromatic carbocycles. The van der Waals surface area contributed by atoms with Gasteiger partial charge in [-0.15, -0.1) is 0 Å². The number of methoxy groups -OCH3 is 1. The van der Waals surface area contributed by atoms with E-state index in [0.29, 0.717) is 0 Å². The lowest BCUT2D eigenvalue weighted by Gasteiger charge is -2.04. The van der Waals surface area contributed by atoms with Gasteiger partial charge >= 0.3 is 0 Å². The zero-order chi connectivity index (χ0) is 16.5. The topological polar surface area (TPSA) is 42.6 Å². The second kappa shape index (κ2) is 5.78. The Balaban J connectivity index is 2.02. The predicted octanol–water partition coefficient (Wildman–Crippen LogP) is 5.48. The molecule has 24 heavy (non-hydrogen) atoms. The maximum Gasteiger partial charge on any atom is 0.143 e. The molecule has 0 amide bonds. The zero-order valence-corrected chi connectivity index (χ0v) is 13.2. The van der Waals surface area contributed by atoms with E-state index < -0.39 is 0 Å². The fourth-order valence-corrected chi connectivity index (χ4v) is 2.91. The van der Waals surface area contributed by atoms with Crippen molar-refractivity contribution in [2.75, 3.05) is 7.11 Å². The average Bonchev–Trinajstić information content (AvgIpc) is 3.01. The number of phenols is 1. The maximum atomic E-state index is 9.58. The molecular formula is C21H16O3. The number of fused-ring (bicyclic) bond motifs is 1. The van der Waals surface area contributed by atoms with Crippen molar-refractivity contribution in [2.45, 2.75) is 0 Å². The molecule has 0 unspecified atom stereocenters.